The number of aryl methyl sites for hydroxylation is 1. The van der Waals surface area contributed by atoms with Crippen LogP contribution in [-0.2, 0) is 11.2 Å². The highest BCUT2D eigenvalue weighted by molar-refractivity contribution is 7.15. The van der Waals surface area contributed by atoms with Crippen molar-refractivity contribution in [2.45, 2.75) is 59.9 Å². The molecule has 4 rings (SSSR count). The fraction of sp³-hybridized carbons (Fsp3) is 0.419. The van der Waals surface area contributed by atoms with Gasteiger partial charge >= 0.3 is 0 Å². The van der Waals surface area contributed by atoms with Gasteiger partial charge in [0.1, 0.15) is 11.4 Å². The number of carbonyl (C=O) groups excluding carboxylic acids is 1. The smallest absolute Gasteiger partial charge is 0.227 e. The number of fused-ring (bicyclic) bond motifs is 1. The molecule has 206 valence electrons. The zero-order chi connectivity index (χ0) is 28.2. The molecule has 2 heterocycles. The van der Waals surface area contributed by atoms with Gasteiger partial charge in [-0.1, -0.05) is 63.8 Å². The summed E-state index contributed by atoms with van der Waals surface area (Å²) in [6.07, 6.45) is 7.11. The molecule has 1 aliphatic rings. The first-order valence-electron chi connectivity index (χ1n) is 13.3. The maximum atomic E-state index is 12.7. The number of pyridine rings is 1. The zero-order valence-electron chi connectivity index (χ0n) is 23.6. The van der Waals surface area contributed by atoms with Crippen LogP contribution in [0.15, 0.2) is 72.1 Å². The summed E-state index contributed by atoms with van der Waals surface area (Å²) >= 11 is 0. The largest absolute Gasteiger partial charge is 0.508 e. The Balaban J connectivity index is 0.000000773. The number of nitrogens with zero attached hydrogens (tertiary/aromatic N) is 2. The number of benzene rings is 1. The number of hydrogen-bond donors (Lipinski definition) is 3. The van der Waals surface area contributed by atoms with Crippen molar-refractivity contribution in [3.05, 3.63) is 83.4 Å². The van der Waals surface area contributed by atoms with Crippen LogP contribution < -0.4 is 5.32 Å². The van der Waals surface area contributed by atoms with Crippen LogP contribution in [0.25, 0.3) is 16.9 Å². The van der Waals surface area contributed by atoms with E-state index in [-0.39, 0.29) is 30.2 Å². The van der Waals surface area contributed by atoms with Crippen LogP contribution >= 0.6 is 9.24 Å². The first kappa shape index (κ1) is 31.3. The number of allylic oxidation sites excluding steroid dienone is 2. The normalized spacial score (nSPS) is 15.4. The third kappa shape index (κ3) is 9.11. The van der Waals surface area contributed by atoms with E-state index in [1.54, 1.807) is 19.1 Å². The topological polar surface area (TPSA) is 86.9 Å². The number of imidazole rings is 1. The van der Waals surface area contributed by atoms with Gasteiger partial charge in [0.2, 0.25) is 5.91 Å². The molecule has 0 saturated heterocycles. The fourth-order valence-electron chi connectivity index (χ4n) is 4.11. The molecule has 7 heteroatoms. The summed E-state index contributed by atoms with van der Waals surface area (Å²) in [5, 5.41) is 22.3. The molecule has 0 bridgehead atoms. The minimum Gasteiger partial charge on any atom is -0.508 e. The van der Waals surface area contributed by atoms with Crippen LogP contribution in [0, 0.1) is 18.8 Å². The van der Waals surface area contributed by atoms with Crippen LogP contribution in [0.1, 0.15) is 51.8 Å². The highest BCUT2D eigenvalue weighted by Crippen LogP contribution is 2.23. The van der Waals surface area contributed by atoms with Crippen molar-refractivity contribution in [3.63, 3.8) is 0 Å². The molecule has 3 N–H and O–H groups in total. The van der Waals surface area contributed by atoms with Crippen molar-refractivity contribution in [1.82, 2.24) is 14.7 Å². The number of carbonyl (C=O) groups is 1. The highest BCUT2D eigenvalue weighted by atomic mass is 31.0. The van der Waals surface area contributed by atoms with Crippen LogP contribution in [-0.4, -0.2) is 44.8 Å². The van der Waals surface area contributed by atoms with Gasteiger partial charge < -0.3 is 19.9 Å². The van der Waals surface area contributed by atoms with E-state index in [9.17, 15) is 15.0 Å². The third-order valence-electron chi connectivity index (χ3n) is 6.01. The van der Waals surface area contributed by atoms with Gasteiger partial charge in [-0.05, 0) is 68.4 Å². The van der Waals surface area contributed by atoms with Crippen LogP contribution in [0.5, 0.6) is 0 Å². The maximum absolute atomic E-state index is 12.7. The second kappa shape index (κ2) is 15.5. The van der Waals surface area contributed by atoms with E-state index in [1.807, 2.05) is 49.3 Å². The second-order valence-electron chi connectivity index (χ2n) is 10.2. The molecule has 1 amide bonds. The number of aliphatic hydroxyl groups is 2. The zero-order valence-corrected chi connectivity index (χ0v) is 24.8. The Morgan fingerprint density at radius 2 is 1.79 bits per heavy atom. The Morgan fingerprint density at radius 3 is 2.37 bits per heavy atom. The fourth-order valence-corrected chi connectivity index (χ4v) is 4.11. The highest BCUT2D eigenvalue weighted by Gasteiger charge is 2.22. The minimum atomic E-state index is -0.298. The lowest BCUT2D eigenvalue weighted by Crippen LogP contribution is -2.40. The molecule has 38 heavy (non-hydrogen) atoms. The Morgan fingerprint density at radius 1 is 1.13 bits per heavy atom. The lowest BCUT2D eigenvalue weighted by Gasteiger charge is -2.22. The summed E-state index contributed by atoms with van der Waals surface area (Å²) in [7, 11) is 2.42. The minimum absolute atomic E-state index is 0.00382. The molecule has 0 spiro atoms. The number of nitrogens with one attached hydrogen (secondary N) is 1. The van der Waals surface area contributed by atoms with Crippen molar-refractivity contribution in [2.24, 2.45) is 11.8 Å². The molecule has 1 aliphatic carbocycles. The van der Waals surface area contributed by atoms with Crippen molar-refractivity contribution in [3.8, 4) is 11.3 Å². The number of rotatable bonds is 7. The predicted molar refractivity (Wildman–Crippen MR) is 161 cm³/mol. The number of amides is 1. The SMILES string of the molecule is CC(C)C.CC1=CC(C(=O)NC(CCO)Cc2ccc(-c3cn4c(C)cccc4n3)cc2)CC=C1O.CP. The average molecular weight is 538 g/mol. The molecule has 3 atom stereocenters. The van der Waals surface area contributed by atoms with Gasteiger partial charge in [-0.3, -0.25) is 4.79 Å². The summed E-state index contributed by atoms with van der Waals surface area (Å²) in [4.78, 5) is 17.4. The molecule has 0 radical (unpaired) electrons. The molecule has 3 unspecified atom stereocenters. The number of aromatic nitrogens is 2. The Bertz CT molecular complexity index is 1230. The predicted octanol–water partition coefficient (Wildman–Crippen LogP) is 6.28. The third-order valence-corrected chi connectivity index (χ3v) is 6.01. The van der Waals surface area contributed by atoms with E-state index in [1.165, 1.54) is 0 Å². The van der Waals surface area contributed by atoms with E-state index in [0.29, 0.717) is 24.8 Å². The van der Waals surface area contributed by atoms with Crippen LogP contribution in [0.3, 0.4) is 0 Å². The van der Waals surface area contributed by atoms with Crippen LogP contribution in [0.2, 0.25) is 0 Å². The van der Waals surface area contributed by atoms with Gasteiger partial charge in [0.25, 0.3) is 0 Å². The molecule has 2 aromatic heterocycles. The van der Waals surface area contributed by atoms with Gasteiger partial charge in [-0.15, -0.1) is 9.24 Å². The monoisotopic (exact) mass is 537 g/mol. The summed E-state index contributed by atoms with van der Waals surface area (Å²) in [6.45, 7) is 12.3. The Labute approximate surface area is 230 Å². The van der Waals surface area contributed by atoms with E-state index < -0.39 is 0 Å². The van der Waals surface area contributed by atoms with Crippen molar-refractivity contribution >= 4 is 20.8 Å². The van der Waals surface area contributed by atoms with Gasteiger partial charge in [-0.25, -0.2) is 4.98 Å². The van der Waals surface area contributed by atoms with Crippen molar-refractivity contribution in [2.75, 3.05) is 13.3 Å². The van der Waals surface area contributed by atoms with Crippen molar-refractivity contribution in [1.29, 1.82) is 0 Å². The molecule has 0 aliphatic heterocycles. The second-order valence-corrected chi connectivity index (χ2v) is 10.2. The average Bonchev–Trinajstić information content (AvgIpc) is 3.33. The van der Waals surface area contributed by atoms with Crippen molar-refractivity contribution < 1.29 is 15.0 Å². The molecule has 3 aromatic rings. The Hall–Kier alpha value is -2.95. The van der Waals surface area contributed by atoms with Gasteiger partial charge in [0.15, 0.2) is 0 Å². The van der Waals surface area contributed by atoms with Gasteiger partial charge in [0.05, 0.1) is 11.6 Å². The standard InChI is InChI=1S/C26H29N3O3.C4H10.CH5P/c1-17-14-21(10-11-24(17)31)26(32)27-22(12-13-30)15-19-6-8-20(9-7-19)23-16-29-18(2)4-3-5-25(29)28-23;1-4(2)3;1-2/h3-9,11,14,16,21-22,30-31H,10,12-13,15H2,1-2H3,(H,27,32);4H,1-3H3;2H2,1H3. The number of hydrogen-bond acceptors (Lipinski definition) is 4. The molecule has 0 saturated carbocycles. The lowest BCUT2D eigenvalue weighted by molar-refractivity contribution is -0.124. The number of aliphatic hydroxyl groups excluding tert-OH is 2. The maximum Gasteiger partial charge on any atom is 0.227 e. The molecule has 0 fully saturated rings. The molecule has 6 nitrogen and oxygen atoms in total. The molecule has 1 aromatic carbocycles. The van der Waals surface area contributed by atoms with E-state index in [2.05, 4.69) is 52.7 Å². The first-order valence-corrected chi connectivity index (χ1v) is 14.4. The molecular formula is C31H44N3O3P. The van der Waals surface area contributed by atoms with E-state index in [0.717, 1.165) is 34.1 Å². The van der Waals surface area contributed by atoms with Gasteiger partial charge in [-0.2, -0.15) is 0 Å². The summed E-state index contributed by atoms with van der Waals surface area (Å²) in [5.41, 5.74) is 5.81. The van der Waals surface area contributed by atoms with E-state index >= 15 is 0 Å². The lowest BCUT2D eigenvalue weighted by atomic mass is 9.94. The van der Waals surface area contributed by atoms with Gasteiger partial charge in [0, 0.05) is 30.1 Å². The van der Waals surface area contributed by atoms with Crippen LogP contribution in [0.4, 0.5) is 0 Å². The molecular weight excluding hydrogens is 493 g/mol. The first-order chi connectivity index (χ1) is 18.2. The Kier molecular flexibility index (Phi) is 12.7. The quantitative estimate of drug-likeness (QED) is 0.310. The van der Waals surface area contributed by atoms with E-state index in [4.69, 9.17) is 4.98 Å². The summed E-state index contributed by atoms with van der Waals surface area (Å²) < 4.78 is 2.08. The summed E-state index contributed by atoms with van der Waals surface area (Å²) in [6, 6.07) is 14.1. The summed E-state index contributed by atoms with van der Waals surface area (Å²) in [5.74, 6) is 0.693.